The van der Waals surface area contributed by atoms with E-state index in [1.807, 2.05) is 6.07 Å². The van der Waals surface area contributed by atoms with E-state index in [-0.39, 0.29) is 5.02 Å². The average Bonchev–Trinajstić information content (AvgIpc) is 2.78. The van der Waals surface area contributed by atoms with Crippen LogP contribution in [0.2, 0.25) is 5.02 Å². The van der Waals surface area contributed by atoms with Gasteiger partial charge in [0.15, 0.2) is 0 Å². The SMILES string of the molecule is Fc1ccc(COc2ccc3c(c2)CN(CC2C=CC=C[C@@H]2CC2CCO2)CC3)cc1Cl. The van der Waals surface area contributed by atoms with E-state index < -0.39 is 5.82 Å². The molecular weight excluding hydrogens is 425 g/mol. The van der Waals surface area contributed by atoms with Crippen molar-refractivity contribution in [1.29, 1.82) is 0 Å². The molecule has 32 heavy (non-hydrogen) atoms. The van der Waals surface area contributed by atoms with Crippen molar-refractivity contribution < 1.29 is 13.9 Å². The third kappa shape index (κ3) is 5.09. The van der Waals surface area contributed by atoms with Crippen LogP contribution in [0.1, 0.15) is 29.5 Å². The molecule has 3 nitrogen and oxygen atoms in total. The third-order valence-corrected chi connectivity index (χ3v) is 7.12. The molecule has 0 radical (unpaired) electrons. The summed E-state index contributed by atoms with van der Waals surface area (Å²) < 4.78 is 25.0. The van der Waals surface area contributed by atoms with E-state index in [4.69, 9.17) is 21.1 Å². The van der Waals surface area contributed by atoms with Crippen molar-refractivity contribution in [3.63, 3.8) is 0 Å². The number of benzene rings is 2. The van der Waals surface area contributed by atoms with Crippen LogP contribution in [0.4, 0.5) is 4.39 Å². The Morgan fingerprint density at radius 1 is 1.06 bits per heavy atom. The highest BCUT2D eigenvalue weighted by Gasteiger charge is 2.28. The van der Waals surface area contributed by atoms with Gasteiger partial charge in [0.1, 0.15) is 18.2 Å². The van der Waals surface area contributed by atoms with Crippen LogP contribution in [-0.4, -0.2) is 30.7 Å². The van der Waals surface area contributed by atoms with Crippen molar-refractivity contribution in [2.24, 2.45) is 11.8 Å². The van der Waals surface area contributed by atoms with Crippen LogP contribution in [0, 0.1) is 17.7 Å². The van der Waals surface area contributed by atoms with Gasteiger partial charge in [0.05, 0.1) is 11.1 Å². The predicted molar refractivity (Wildman–Crippen MR) is 125 cm³/mol. The van der Waals surface area contributed by atoms with Crippen LogP contribution in [0.5, 0.6) is 5.75 Å². The molecule has 0 aromatic heterocycles. The zero-order valence-electron chi connectivity index (χ0n) is 18.2. The Hall–Kier alpha value is -2.14. The normalized spacial score (nSPS) is 24.8. The van der Waals surface area contributed by atoms with Gasteiger partial charge >= 0.3 is 0 Å². The quantitative estimate of drug-likeness (QED) is 0.516. The molecule has 0 amide bonds. The number of hydrogen-bond acceptors (Lipinski definition) is 3. The number of rotatable bonds is 7. The van der Waals surface area contributed by atoms with Gasteiger partial charge < -0.3 is 9.47 Å². The predicted octanol–water partition coefficient (Wildman–Crippen LogP) is 5.95. The molecule has 168 valence electrons. The Kier molecular flexibility index (Phi) is 6.63. The Morgan fingerprint density at radius 3 is 2.69 bits per heavy atom. The topological polar surface area (TPSA) is 21.7 Å². The lowest BCUT2D eigenvalue weighted by molar-refractivity contribution is -0.0628. The van der Waals surface area contributed by atoms with Crippen LogP contribution in [0.25, 0.3) is 0 Å². The van der Waals surface area contributed by atoms with Gasteiger partial charge in [-0.25, -0.2) is 4.39 Å². The molecule has 0 saturated carbocycles. The minimum Gasteiger partial charge on any atom is -0.489 e. The van der Waals surface area contributed by atoms with Gasteiger partial charge in [-0.2, -0.15) is 0 Å². The first-order valence-electron chi connectivity index (χ1n) is 11.5. The molecule has 5 heteroatoms. The van der Waals surface area contributed by atoms with Crippen LogP contribution in [-0.2, 0) is 24.3 Å². The summed E-state index contributed by atoms with van der Waals surface area (Å²) in [5, 5.41) is 0.126. The van der Waals surface area contributed by atoms with E-state index in [1.165, 1.54) is 23.6 Å². The second-order valence-electron chi connectivity index (χ2n) is 9.07. The molecule has 3 aliphatic rings. The van der Waals surface area contributed by atoms with E-state index >= 15 is 0 Å². The number of allylic oxidation sites excluding steroid dienone is 3. The van der Waals surface area contributed by atoms with Crippen LogP contribution in [0.3, 0.4) is 0 Å². The monoisotopic (exact) mass is 453 g/mol. The van der Waals surface area contributed by atoms with Crippen molar-refractivity contribution in [3.05, 3.63) is 88.2 Å². The van der Waals surface area contributed by atoms with Crippen molar-refractivity contribution in [3.8, 4) is 5.75 Å². The maximum Gasteiger partial charge on any atom is 0.141 e. The van der Waals surface area contributed by atoms with E-state index in [0.717, 1.165) is 50.4 Å². The highest BCUT2D eigenvalue weighted by atomic mass is 35.5. The molecule has 2 aromatic rings. The van der Waals surface area contributed by atoms with E-state index in [1.54, 1.807) is 12.1 Å². The number of ether oxygens (including phenoxy) is 2. The molecule has 0 N–H and O–H groups in total. The standard InChI is InChI=1S/C27H29ClFNO2/c28-26-13-19(5-8-27(26)29)18-32-24-7-6-20-9-11-30(17-23(20)15-24)16-22-4-2-1-3-21(22)14-25-10-12-31-25/h1-8,13,15,21-22,25H,9-12,14,16-18H2/t21-,22?,25?/m1/s1. The van der Waals surface area contributed by atoms with Crippen molar-refractivity contribution in [2.45, 2.75) is 38.5 Å². The third-order valence-electron chi connectivity index (χ3n) is 6.83. The molecule has 2 unspecified atom stereocenters. The zero-order chi connectivity index (χ0) is 21.9. The van der Waals surface area contributed by atoms with Gasteiger partial charge in [0.2, 0.25) is 0 Å². The van der Waals surface area contributed by atoms with Gasteiger partial charge in [-0.05, 0) is 72.1 Å². The summed E-state index contributed by atoms with van der Waals surface area (Å²) >= 11 is 5.88. The van der Waals surface area contributed by atoms with Gasteiger partial charge in [0, 0.05) is 26.2 Å². The van der Waals surface area contributed by atoms with Crippen LogP contribution >= 0.6 is 11.6 Å². The van der Waals surface area contributed by atoms with Gasteiger partial charge in [-0.3, -0.25) is 4.90 Å². The lowest BCUT2D eigenvalue weighted by atomic mass is 9.82. The van der Waals surface area contributed by atoms with E-state index in [2.05, 4.69) is 41.3 Å². The summed E-state index contributed by atoms with van der Waals surface area (Å²) in [6.07, 6.45) is 12.9. The first-order valence-corrected chi connectivity index (χ1v) is 11.9. The van der Waals surface area contributed by atoms with Gasteiger partial charge in [-0.15, -0.1) is 0 Å². The molecule has 0 bridgehead atoms. The Bertz CT molecular complexity index is 1020. The minimum atomic E-state index is -0.407. The summed E-state index contributed by atoms with van der Waals surface area (Å²) in [6.45, 7) is 4.38. The first-order chi connectivity index (χ1) is 15.6. The second-order valence-corrected chi connectivity index (χ2v) is 9.47. The fraction of sp³-hybridized carbons (Fsp3) is 0.407. The van der Waals surface area contributed by atoms with Crippen LogP contribution in [0.15, 0.2) is 60.7 Å². The fourth-order valence-corrected chi connectivity index (χ4v) is 5.06. The summed E-state index contributed by atoms with van der Waals surface area (Å²) in [4.78, 5) is 2.56. The molecule has 0 spiro atoms. The maximum absolute atomic E-state index is 13.4. The van der Waals surface area contributed by atoms with Crippen molar-refractivity contribution >= 4 is 11.6 Å². The van der Waals surface area contributed by atoms with Gasteiger partial charge in [-0.1, -0.05) is 48.0 Å². The largest absolute Gasteiger partial charge is 0.489 e. The van der Waals surface area contributed by atoms with Crippen molar-refractivity contribution in [1.82, 2.24) is 4.90 Å². The molecule has 1 aliphatic carbocycles. The summed E-state index contributed by atoms with van der Waals surface area (Å²) in [5.74, 6) is 1.53. The second kappa shape index (κ2) is 9.78. The Morgan fingerprint density at radius 2 is 1.91 bits per heavy atom. The number of halogens is 2. The highest BCUT2D eigenvalue weighted by Crippen LogP contribution is 2.31. The van der Waals surface area contributed by atoms with E-state index in [0.29, 0.717) is 24.5 Å². The minimum absolute atomic E-state index is 0.126. The lowest BCUT2D eigenvalue weighted by Crippen LogP contribution is -2.38. The number of hydrogen-bond donors (Lipinski definition) is 0. The summed E-state index contributed by atoms with van der Waals surface area (Å²) in [7, 11) is 0. The summed E-state index contributed by atoms with van der Waals surface area (Å²) in [6, 6.07) is 11.1. The number of nitrogens with zero attached hydrogens (tertiary/aromatic N) is 1. The molecule has 2 aliphatic heterocycles. The lowest BCUT2D eigenvalue weighted by Gasteiger charge is -2.36. The molecular formula is C27H29ClFNO2. The van der Waals surface area contributed by atoms with Crippen molar-refractivity contribution in [2.75, 3.05) is 19.7 Å². The van der Waals surface area contributed by atoms with Gasteiger partial charge in [0.25, 0.3) is 0 Å². The first kappa shape index (κ1) is 21.7. The highest BCUT2D eigenvalue weighted by molar-refractivity contribution is 6.30. The number of fused-ring (bicyclic) bond motifs is 1. The molecule has 3 atom stereocenters. The molecule has 5 rings (SSSR count). The Balaban J connectivity index is 1.20. The molecule has 1 fully saturated rings. The fourth-order valence-electron chi connectivity index (χ4n) is 4.85. The molecule has 2 heterocycles. The zero-order valence-corrected chi connectivity index (χ0v) is 18.9. The average molecular weight is 454 g/mol. The molecule has 2 aromatic carbocycles. The van der Waals surface area contributed by atoms with E-state index in [9.17, 15) is 4.39 Å². The summed E-state index contributed by atoms with van der Waals surface area (Å²) in [5.41, 5.74) is 3.59. The van der Waals surface area contributed by atoms with Crippen LogP contribution < -0.4 is 4.74 Å². The molecule has 1 saturated heterocycles. The maximum atomic E-state index is 13.4. The Labute approximate surface area is 194 Å². The smallest absolute Gasteiger partial charge is 0.141 e.